The third-order valence-electron chi connectivity index (χ3n) is 6.08. The fourth-order valence-electron chi connectivity index (χ4n) is 4.13. The smallest absolute Gasteiger partial charge is 0.240 e. The molecule has 1 heterocycles. The van der Waals surface area contributed by atoms with Crippen molar-refractivity contribution in [3.05, 3.63) is 59.7 Å². The largest absolute Gasteiger partial charge is 0.398 e. The number of nitrogen functional groups attached to an aromatic ring is 1. The molecular weight excluding hydrogens is 420 g/mol. The van der Waals surface area contributed by atoms with E-state index in [4.69, 9.17) is 12.2 Å². The molecule has 2 aliphatic rings. The molecule has 0 amide bonds. The van der Waals surface area contributed by atoms with Crippen LogP contribution in [-0.4, -0.2) is 39.0 Å². The average Bonchev–Trinajstić information content (AvgIpc) is 2.82. The highest BCUT2D eigenvalue weighted by Gasteiger charge is 2.22. The van der Waals surface area contributed by atoms with Gasteiger partial charge in [0.05, 0.1) is 10.9 Å². The summed E-state index contributed by atoms with van der Waals surface area (Å²) in [6.45, 7) is 4.71. The summed E-state index contributed by atoms with van der Waals surface area (Å²) in [6.07, 6.45) is 10.7. The predicted molar refractivity (Wildman–Crippen MR) is 130 cm³/mol. The molecule has 0 spiro atoms. The number of hydrogen-bond donors (Lipinski definition) is 3. The van der Waals surface area contributed by atoms with Gasteiger partial charge in [-0.25, -0.2) is 13.1 Å². The first-order chi connectivity index (χ1) is 15.4. The van der Waals surface area contributed by atoms with Crippen LogP contribution in [0.1, 0.15) is 49.3 Å². The molecule has 4 rings (SSSR count). The molecule has 2 fully saturated rings. The van der Waals surface area contributed by atoms with E-state index in [0.29, 0.717) is 11.7 Å². The first kappa shape index (κ1) is 24.1. The number of nitrogens with one attached hydrogen (secondary N) is 2. The Labute approximate surface area is 192 Å². The standard InChI is InChI=1S/C13H20N2O2S.C12H14N2/c1-10-7-8-12(9-13(10)14)18(16,17)15-11-5-3-2-4-6-11;1-2-14-9-8-13-10-12(14)11-6-4-3-5-7-11/h7-9,11,15H,2-6,14H2,1H3;1,3-7,12-13H,8-10H2/t;12-/m.1/s1. The molecular formula is C25H34N4O2S. The van der Waals surface area contributed by atoms with Crippen molar-refractivity contribution in [3.63, 3.8) is 0 Å². The molecule has 1 saturated carbocycles. The van der Waals surface area contributed by atoms with Gasteiger partial charge in [0.25, 0.3) is 0 Å². The maximum absolute atomic E-state index is 12.2. The molecule has 1 atom stereocenters. The van der Waals surface area contributed by atoms with E-state index in [1.54, 1.807) is 12.1 Å². The maximum Gasteiger partial charge on any atom is 0.240 e. The summed E-state index contributed by atoms with van der Waals surface area (Å²) in [5.74, 6) is 0. The molecule has 0 bridgehead atoms. The van der Waals surface area contributed by atoms with Crippen LogP contribution in [0.2, 0.25) is 0 Å². The van der Waals surface area contributed by atoms with E-state index in [9.17, 15) is 8.42 Å². The van der Waals surface area contributed by atoms with Crippen LogP contribution in [0.4, 0.5) is 5.69 Å². The molecule has 2 aromatic carbocycles. The third kappa shape index (κ3) is 6.49. The van der Waals surface area contributed by atoms with Crippen molar-refractivity contribution in [1.82, 2.24) is 14.9 Å². The number of benzene rings is 2. The minimum Gasteiger partial charge on any atom is -0.398 e. The normalized spacial score (nSPS) is 19.5. The number of rotatable bonds is 4. The molecule has 1 aliphatic carbocycles. The minimum absolute atomic E-state index is 0.0753. The van der Waals surface area contributed by atoms with Gasteiger partial charge in [0, 0.05) is 37.4 Å². The van der Waals surface area contributed by atoms with E-state index >= 15 is 0 Å². The van der Waals surface area contributed by atoms with Gasteiger partial charge in [-0.05, 0) is 43.0 Å². The summed E-state index contributed by atoms with van der Waals surface area (Å²) in [5.41, 5.74) is 8.46. The van der Waals surface area contributed by atoms with E-state index < -0.39 is 10.0 Å². The Morgan fingerprint density at radius 1 is 1.12 bits per heavy atom. The highest BCUT2D eigenvalue weighted by Crippen LogP contribution is 2.22. The van der Waals surface area contributed by atoms with E-state index in [0.717, 1.165) is 50.9 Å². The quantitative estimate of drug-likeness (QED) is 0.487. The maximum atomic E-state index is 12.2. The highest BCUT2D eigenvalue weighted by atomic mass is 32.2. The Morgan fingerprint density at radius 3 is 2.50 bits per heavy atom. The van der Waals surface area contributed by atoms with Crippen LogP contribution in [0, 0.1) is 19.4 Å². The Morgan fingerprint density at radius 2 is 1.84 bits per heavy atom. The molecule has 7 heteroatoms. The molecule has 32 heavy (non-hydrogen) atoms. The van der Waals surface area contributed by atoms with E-state index in [1.807, 2.05) is 13.0 Å². The molecule has 1 aliphatic heterocycles. The molecule has 0 radical (unpaired) electrons. The monoisotopic (exact) mass is 454 g/mol. The van der Waals surface area contributed by atoms with Gasteiger partial charge in [-0.2, -0.15) is 0 Å². The summed E-state index contributed by atoms with van der Waals surface area (Å²) in [7, 11) is -3.43. The number of anilines is 1. The highest BCUT2D eigenvalue weighted by molar-refractivity contribution is 7.89. The van der Waals surface area contributed by atoms with Gasteiger partial charge >= 0.3 is 0 Å². The minimum atomic E-state index is -3.43. The summed E-state index contributed by atoms with van der Waals surface area (Å²) < 4.78 is 27.2. The van der Waals surface area contributed by atoms with Crippen molar-refractivity contribution >= 4 is 15.7 Å². The van der Waals surface area contributed by atoms with Gasteiger partial charge in [-0.15, -0.1) is 0 Å². The van der Waals surface area contributed by atoms with Gasteiger partial charge < -0.3 is 16.0 Å². The van der Waals surface area contributed by atoms with Gasteiger partial charge in [0.1, 0.15) is 0 Å². The fraction of sp³-hybridized carbons (Fsp3) is 0.440. The lowest BCUT2D eigenvalue weighted by atomic mass is 9.96. The molecule has 172 valence electrons. The Bertz CT molecular complexity index is 1010. The van der Waals surface area contributed by atoms with Crippen molar-refractivity contribution in [2.45, 2.75) is 56.0 Å². The lowest BCUT2D eigenvalue weighted by Gasteiger charge is -2.33. The first-order valence-electron chi connectivity index (χ1n) is 11.3. The number of hydrogen-bond acceptors (Lipinski definition) is 5. The number of nitrogens with zero attached hydrogens (tertiary/aromatic N) is 1. The van der Waals surface area contributed by atoms with Crippen LogP contribution in [0.3, 0.4) is 0 Å². The van der Waals surface area contributed by atoms with Gasteiger partial charge in [0.15, 0.2) is 0 Å². The molecule has 2 aromatic rings. The van der Waals surface area contributed by atoms with Crippen molar-refractivity contribution in [1.29, 1.82) is 0 Å². The number of nitrogens with two attached hydrogens (primary N) is 1. The second-order valence-corrected chi connectivity index (χ2v) is 10.1. The number of sulfonamides is 1. The Hall–Kier alpha value is -2.53. The van der Waals surface area contributed by atoms with Crippen molar-refractivity contribution in [3.8, 4) is 12.5 Å². The predicted octanol–water partition coefficient (Wildman–Crippen LogP) is 3.41. The molecule has 4 N–H and O–H groups in total. The lowest BCUT2D eigenvalue weighted by Crippen LogP contribution is -2.43. The van der Waals surface area contributed by atoms with Crippen LogP contribution in [0.15, 0.2) is 53.4 Å². The Kier molecular flexibility index (Phi) is 8.57. The summed E-state index contributed by atoms with van der Waals surface area (Å²) >= 11 is 0. The van der Waals surface area contributed by atoms with E-state index in [1.165, 1.54) is 18.1 Å². The number of piperazine rings is 1. The summed E-state index contributed by atoms with van der Waals surface area (Å²) in [5, 5.41) is 3.36. The zero-order chi connectivity index (χ0) is 23.0. The Balaban J connectivity index is 0.000000186. The molecule has 6 nitrogen and oxygen atoms in total. The SMILES string of the molecule is C#CN1CCNC[C@@H]1c1ccccc1.Cc1ccc(S(=O)(=O)NC2CCCCC2)cc1N. The van der Waals surface area contributed by atoms with E-state index in [-0.39, 0.29) is 10.9 Å². The first-order valence-corrected chi connectivity index (χ1v) is 12.8. The fourth-order valence-corrected chi connectivity index (χ4v) is 5.47. The number of aryl methyl sites for hydroxylation is 1. The van der Waals surface area contributed by atoms with Crippen molar-refractivity contribution < 1.29 is 8.42 Å². The van der Waals surface area contributed by atoms with Crippen LogP contribution >= 0.6 is 0 Å². The van der Waals surface area contributed by atoms with Gasteiger partial charge in [-0.3, -0.25) is 0 Å². The zero-order valence-corrected chi connectivity index (χ0v) is 19.6. The van der Waals surface area contributed by atoms with E-state index in [2.05, 4.69) is 45.2 Å². The van der Waals surface area contributed by atoms with Crippen LogP contribution < -0.4 is 15.8 Å². The van der Waals surface area contributed by atoms with Gasteiger partial charge in [-0.1, -0.05) is 62.1 Å². The second kappa shape index (κ2) is 11.4. The lowest BCUT2D eigenvalue weighted by molar-refractivity contribution is 0.247. The van der Waals surface area contributed by atoms with Gasteiger partial charge in [0.2, 0.25) is 10.0 Å². The second-order valence-electron chi connectivity index (χ2n) is 8.43. The van der Waals surface area contributed by atoms with Crippen LogP contribution in [0.5, 0.6) is 0 Å². The average molecular weight is 455 g/mol. The van der Waals surface area contributed by atoms with Crippen molar-refractivity contribution in [2.75, 3.05) is 25.4 Å². The summed E-state index contributed by atoms with van der Waals surface area (Å²) in [4.78, 5) is 2.32. The number of terminal acetylenes is 1. The molecule has 1 saturated heterocycles. The topological polar surface area (TPSA) is 87.5 Å². The summed E-state index contributed by atoms with van der Waals surface area (Å²) in [6, 6.07) is 18.4. The third-order valence-corrected chi connectivity index (χ3v) is 7.60. The van der Waals surface area contributed by atoms with Crippen LogP contribution in [-0.2, 0) is 10.0 Å². The van der Waals surface area contributed by atoms with Crippen molar-refractivity contribution in [2.24, 2.45) is 0 Å². The zero-order valence-electron chi connectivity index (χ0n) is 18.8. The molecule has 0 unspecified atom stereocenters. The van der Waals surface area contributed by atoms with Crippen LogP contribution in [0.25, 0.3) is 0 Å². The molecule has 0 aromatic heterocycles.